The number of hydrogen-bond acceptors (Lipinski definition) is 3. The molecule has 7 heteroatoms. The maximum Gasteiger partial charge on any atom is 0.253 e. The Morgan fingerprint density at radius 2 is 2.21 bits per heavy atom. The van der Waals surface area contributed by atoms with E-state index in [0.717, 1.165) is 6.07 Å². The Morgan fingerprint density at radius 1 is 1.58 bits per heavy atom. The van der Waals surface area contributed by atoms with Crippen molar-refractivity contribution in [3.63, 3.8) is 0 Å². The molecule has 0 fully saturated rings. The minimum atomic E-state index is -0.490. The van der Waals surface area contributed by atoms with E-state index < -0.39 is 5.82 Å². The van der Waals surface area contributed by atoms with Gasteiger partial charge in [0.2, 0.25) is 0 Å². The van der Waals surface area contributed by atoms with E-state index in [-0.39, 0.29) is 29.8 Å². The SMILES string of the molecule is CC(CN(C)C(=O)c1cc(F)cc(Br)c1)/C(N)=N/O. The largest absolute Gasteiger partial charge is 0.409 e. The molecule has 5 nitrogen and oxygen atoms in total. The number of nitrogens with two attached hydrogens (primary N) is 1. The number of benzene rings is 1. The third kappa shape index (κ3) is 4.20. The molecular weight excluding hydrogens is 317 g/mol. The van der Waals surface area contributed by atoms with Crippen LogP contribution < -0.4 is 5.73 Å². The third-order valence-corrected chi connectivity index (χ3v) is 3.08. The van der Waals surface area contributed by atoms with Crippen LogP contribution in [0.2, 0.25) is 0 Å². The highest BCUT2D eigenvalue weighted by Crippen LogP contribution is 2.16. The number of amidine groups is 1. The summed E-state index contributed by atoms with van der Waals surface area (Å²) < 4.78 is 13.7. The first-order valence-corrected chi connectivity index (χ1v) is 6.33. The van der Waals surface area contributed by atoms with Crippen LogP contribution in [0.15, 0.2) is 27.8 Å². The van der Waals surface area contributed by atoms with Gasteiger partial charge in [0, 0.05) is 29.5 Å². The standard InChI is InChI=1S/C12H15BrFN3O2/c1-7(11(15)16-19)6-17(2)12(18)8-3-9(13)5-10(14)4-8/h3-5,7,19H,6H2,1-2H3,(H2,15,16). The molecule has 0 spiro atoms. The van der Waals surface area contributed by atoms with Gasteiger partial charge < -0.3 is 15.8 Å². The zero-order valence-corrected chi connectivity index (χ0v) is 12.2. The molecule has 0 aliphatic rings. The fraction of sp³-hybridized carbons (Fsp3) is 0.333. The minimum Gasteiger partial charge on any atom is -0.409 e. The van der Waals surface area contributed by atoms with Crippen LogP contribution in [0.3, 0.4) is 0 Å². The number of carbonyl (C=O) groups is 1. The van der Waals surface area contributed by atoms with E-state index in [2.05, 4.69) is 21.1 Å². The van der Waals surface area contributed by atoms with E-state index in [0.29, 0.717) is 4.47 Å². The average molecular weight is 332 g/mol. The highest BCUT2D eigenvalue weighted by atomic mass is 79.9. The predicted octanol–water partition coefficient (Wildman–Crippen LogP) is 2.04. The molecule has 1 rings (SSSR count). The minimum absolute atomic E-state index is 0.0417. The monoisotopic (exact) mass is 331 g/mol. The lowest BCUT2D eigenvalue weighted by molar-refractivity contribution is 0.0785. The second kappa shape index (κ2) is 6.51. The lowest BCUT2D eigenvalue weighted by Crippen LogP contribution is -2.36. The van der Waals surface area contributed by atoms with E-state index in [1.165, 1.54) is 17.0 Å². The van der Waals surface area contributed by atoms with Crippen molar-refractivity contribution in [2.75, 3.05) is 13.6 Å². The topological polar surface area (TPSA) is 78.9 Å². The molecule has 1 aromatic carbocycles. The smallest absolute Gasteiger partial charge is 0.253 e. The summed E-state index contributed by atoms with van der Waals surface area (Å²) in [7, 11) is 1.57. The van der Waals surface area contributed by atoms with E-state index in [1.54, 1.807) is 14.0 Å². The first kappa shape index (κ1) is 15.4. The number of rotatable bonds is 4. The zero-order chi connectivity index (χ0) is 14.6. The van der Waals surface area contributed by atoms with Gasteiger partial charge in [-0.15, -0.1) is 0 Å². The summed E-state index contributed by atoms with van der Waals surface area (Å²) in [5, 5.41) is 11.4. The molecule has 0 heterocycles. The number of hydrogen-bond donors (Lipinski definition) is 2. The van der Waals surface area contributed by atoms with Crippen LogP contribution in [0, 0.1) is 11.7 Å². The van der Waals surface area contributed by atoms with Crippen molar-refractivity contribution in [3.05, 3.63) is 34.1 Å². The molecule has 0 saturated heterocycles. The molecule has 0 aliphatic carbocycles. The molecule has 3 N–H and O–H groups in total. The molecular formula is C12H15BrFN3O2. The Labute approximate surface area is 119 Å². The van der Waals surface area contributed by atoms with Gasteiger partial charge in [-0.2, -0.15) is 0 Å². The molecule has 0 saturated carbocycles. The van der Waals surface area contributed by atoms with E-state index in [9.17, 15) is 9.18 Å². The first-order chi connectivity index (χ1) is 8.85. The maximum absolute atomic E-state index is 13.2. The Bertz CT molecular complexity index is 487. The summed E-state index contributed by atoms with van der Waals surface area (Å²) in [5.41, 5.74) is 5.68. The zero-order valence-electron chi connectivity index (χ0n) is 10.6. The first-order valence-electron chi connectivity index (χ1n) is 5.54. The molecule has 0 bridgehead atoms. The van der Waals surface area contributed by atoms with Crippen LogP contribution in [-0.4, -0.2) is 35.4 Å². The number of halogens is 2. The van der Waals surface area contributed by atoms with Crippen molar-refractivity contribution in [2.24, 2.45) is 16.8 Å². The van der Waals surface area contributed by atoms with Crippen molar-refractivity contribution in [2.45, 2.75) is 6.92 Å². The quantitative estimate of drug-likeness (QED) is 0.383. The van der Waals surface area contributed by atoms with Gasteiger partial charge in [0.25, 0.3) is 5.91 Å². The second-order valence-corrected chi connectivity index (χ2v) is 5.19. The summed E-state index contributed by atoms with van der Waals surface area (Å²) >= 11 is 3.13. The van der Waals surface area contributed by atoms with E-state index >= 15 is 0 Å². The lowest BCUT2D eigenvalue weighted by Gasteiger charge is -2.21. The van der Waals surface area contributed by atoms with Crippen molar-refractivity contribution in [1.29, 1.82) is 0 Å². The molecule has 1 atom stereocenters. The van der Waals surface area contributed by atoms with Gasteiger partial charge in [0.15, 0.2) is 0 Å². The molecule has 19 heavy (non-hydrogen) atoms. The Morgan fingerprint density at radius 3 is 2.74 bits per heavy atom. The molecule has 104 valence electrons. The number of nitrogens with zero attached hydrogens (tertiary/aromatic N) is 2. The average Bonchev–Trinajstić information content (AvgIpc) is 2.35. The van der Waals surface area contributed by atoms with Crippen LogP contribution in [0.25, 0.3) is 0 Å². The predicted molar refractivity (Wildman–Crippen MR) is 73.6 cm³/mol. The highest BCUT2D eigenvalue weighted by Gasteiger charge is 2.17. The fourth-order valence-electron chi connectivity index (χ4n) is 1.58. The summed E-state index contributed by atoms with van der Waals surface area (Å²) in [6.45, 7) is 1.99. The van der Waals surface area contributed by atoms with Gasteiger partial charge in [-0.3, -0.25) is 4.79 Å². The lowest BCUT2D eigenvalue weighted by atomic mass is 10.1. The fourth-order valence-corrected chi connectivity index (χ4v) is 2.05. The molecule has 0 aromatic heterocycles. The van der Waals surface area contributed by atoms with Crippen molar-refractivity contribution >= 4 is 27.7 Å². The Balaban J connectivity index is 2.82. The van der Waals surface area contributed by atoms with Crippen LogP contribution in [0.5, 0.6) is 0 Å². The second-order valence-electron chi connectivity index (χ2n) is 4.27. The normalized spacial score (nSPS) is 13.2. The van der Waals surface area contributed by atoms with Gasteiger partial charge in [-0.25, -0.2) is 4.39 Å². The summed E-state index contributed by atoms with van der Waals surface area (Å²) in [4.78, 5) is 13.5. The summed E-state index contributed by atoms with van der Waals surface area (Å²) in [5.74, 6) is -1.08. The molecule has 0 radical (unpaired) electrons. The summed E-state index contributed by atoms with van der Waals surface area (Å²) in [6, 6.07) is 3.98. The van der Waals surface area contributed by atoms with Crippen LogP contribution in [0.1, 0.15) is 17.3 Å². The highest BCUT2D eigenvalue weighted by molar-refractivity contribution is 9.10. The number of oxime groups is 1. The number of carbonyl (C=O) groups excluding carboxylic acids is 1. The molecule has 0 aliphatic heterocycles. The van der Waals surface area contributed by atoms with E-state index in [4.69, 9.17) is 10.9 Å². The van der Waals surface area contributed by atoms with Gasteiger partial charge in [-0.1, -0.05) is 28.0 Å². The van der Waals surface area contributed by atoms with Crippen LogP contribution >= 0.6 is 15.9 Å². The van der Waals surface area contributed by atoms with E-state index in [1.807, 2.05) is 0 Å². The van der Waals surface area contributed by atoms with Gasteiger partial charge in [0.1, 0.15) is 11.7 Å². The van der Waals surface area contributed by atoms with Crippen molar-refractivity contribution in [3.8, 4) is 0 Å². The molecule has 1 unspecified atom stereocenters. The summed E-state index contributed by atoms with van der Waals surface area (Å²) in [6.07, 6.45) is 0. The van der Waals surface area contributed by atoms with Gasteiger partial charge in [-0.05, 0) is 18.2 Å². The molecule has 1 amide bonds. The Hall–Kier alpha value is -1.63. The van der Waals surface area contributed by atoms with Gasteiger partial charge >= 0.3 is 0 Å². The third-order valence-electron chi connectivity index (χ3n) is 2.62. The maximum atomic E-state index is 13.2. The number of amides is 1. The molecule has 1 aromatic rings. The van der Waals surface area contributed by atoms with Gasteiger partial charge in [0.05, 0.1) is 0 Å². The van der Waals surface area contributed by atoms with Crippen molar-refractivity contribution in [1.82, 2.24) is 4.90 Å². The van der Waals surface area contributed by atoms with Crippen LogP contribution in [0.4, 0.5) is 4.39 Å². The van der Waals surface area contributed by atoms with Crippen LogP contribution in [-0.2, 0) is 0 Å². The Kier molecular flexibility index (Phi) is 5.29. The van der Waals surface area contributed by atoms with Crippen molar-refractivity contribution < 1.29 is 14.4 Å².